The minimum atomic E-state index is -3.81. The van der Waals surface area contributed by atoms with Gasteiger partial charge in [-0.15, -0.1) is 10.2 Å². The average molecular weight is 447 g/mol. The fraction of sp³-hybridized carbons (Fsp3) is 0.250. The molecule has 1 aromatic heterocycles. The Kier molecular flexibility index (Phi) is 5.89. The highest BCUT2D eigenvalue weighted by molar-refractivity contribution is 7.89. The van der Waals surface area contributed by atoms with Gasteiger partial charge in [0.2, 0.25) is 15.0 Å². The van der Waals surface area contributed by atoms with Gasteiger partial charge in [-0.25, -0.2) is 12.8 Å². The van der Waals surface area contributed by atoms with Crippen LogP contribution in [0.15, 0.2) is 59.5 Å². The zero-order valence-corrected chi connectivity index (χ0v) is 17.5. The monoisotopic (exact) mass is 446 g/mol. The maximum Gasteiger partial charge on any atom is 0.286 e. The quantitative estimate of drug-likeness (QED) is 0.648. The molecule has 1 aliphatic rings. The Morgan fingerprint density at radius 2 is 1.93 bits per heavy atom. The van der Waals surface area contributed by atoms with Gasteiger partial charge in [0.25, 0.3) is 5.91 Å². The number of aromatic nitrogens is 2. The molecule has 10 heteroatoms. The number of amides is 1. The number of nitrogens with one attached hydrogen (secondary N) is 1. The minimum absolute atomic E-state index is 0.0664. The number of carbonyl (C=O) groups excluding carboxylic acids is 1. The van der Waals surface area contributed by atoms with Crippen LogP contribution in [0.1, 0.15) is 33.6 Å². The molecule has 30 heavy (non-hydrogen) atoms. The molecule has 0 aliphatic carbocycles. The third-order valence-corrected chi connectivity index (χ3v) is 7.78. The number of hydrogen-bond donors (Lipinski definition) is 1. The molecule has 1 saturated heterocycles. The topological polar surface area (TPSA) is 92.3 Å². The van der Waals surface area contributed by atoms with E-state index in [9.17, 15) is 17.6 Å². The summed E-state index contributed by atoms with van der Waals surface area (Å²) in [6.45, 7) is 0.573. The van der Waals surface area contributed by atoms with Gasteiger partial charge in [0.1, 0.15) is 10.8 Å². The van der Waals surface area contributed by atoms with Crippen molar-refractivity contribution < 1.29 is 17.6 Å². The summed E-state index contributed by atoms with van der Waals surface area (Å²) in [7, 11) is -3.81. The van der Waals surface area contributed by atoms with E-state index in [0.29, 0.717) is 23.7 Å². The summed E-state index contributed by atoms with van der Waals surface area (Å²) in [4.78, 5) is 12.3. The predicted octanol–water partition coefficient (Wildman–Crippen LogP) is 3.50. The van der Waals surface area contributed by atoms with Crippen molar-refractivity contribution in [1.82, 2.24) is 14.5 Å². The standard InChI is InChI=1S/C20H19FN4O3S2/c21-15-7-4-10-17(12-15)30(27,28)25-11-5-6-14(13-25)19-23-24-20(29-19)18(26)22-16-8-2-1-3-9-16/h1-4,7-10,12,14H,5-6,11,13H2,(H,22,26)/t14-/m0/s1. The fourth-order valence-corrected chi connectivity index (χ4v) is 5.76. The van der Waals surface area contributed by atoms with Gasteiger partial charge in [0.05, 0.1) is 4.90 Å². The molecule has 0 spiro atoms. The van der Waals surface area contributed by atoms with Crippen LogP contribution < -0.4 is 5.32 Å². The first-order valence-corrected chi connectivity index (χ1v) is 11.6. The SMILES string of the molecule is O=C(Nc1ccccc1)c1nnc([C@H]2CCCN(S(=O)(=O)c3cccc(F)c3)C2)s1. The summed E-state index contributed by atoms with van der Waals surface area (Å²) >= 11 is 1.16. The lowest BCUT2D eigenvalue weighted by Crippen LogP contribution is -2.39. The van der Waals surface area contributed by atoms with Gasteiger partial charge >= 0.3 is 0 Å². The maximum atomic E-state index is 13.5. The molecule has 7 nitrogen and oxygen atoms in total. The van der Waals surface area contributed by atoms with Gasteiger partial charge in [-0.3, -0.25) is 4.79 Å². The zero-order valence-electron chi connectivity index (χ0n) is 15.9. The second-order valence-electron chi connectivity index (χ2n) is 6.93. The largest absolute Gasteiger partial charge is 0.320 e. The second kappa shape index (κ2) is 8.58. The number of halogens is 1. The number of hydrogen-bond acceptors (Lipinski definition) is 6. The van der Waals surface area contributed by atoms with E-state index in [0.717, 1.165) is 23.8 Å². The summed E-state index contributed by atoms with van der Waals surface area (Å²) in [5.74, 6) is -1.12. The predicted molar refractivity (Wildman–Crippen MR) is 111 cm³/mol. The molecule has 1 N–H and O–H groups in total. The molecule has 1 aliphatic heterocycles. The normalized spacial score (nSPS) is 17.6. The van der Waals surface area contributed by atoms with Gasteiger partial charge in [-0.05, 0) is 43.2 Å². The first-order valence-electron chi connectivity index (χ1n) is 9.39. The fourth-order valence-electron chi connectivity index (χ4n) is 3.34. The van der Waals surface area contributed by atoms with Crippen molar-refractivity contribution in [3.8, 4) is 0 Å². The molecule has 0 saturated carbocycles. The number of carbonyl (C=O) groups is 1. The molecule has 4 rings (SSSR count). The molecule has 1 fully saturated rings. The first kappa shape index (κ1) is 20.6. The van der Waals surface area contributed by atoms with E-state index >= 15 is 0 Å². The van der Waals surface area contributed by atoms with Crippen LogP contribution in [0.25, 0.3) is 0 Å². The van der Waals surface area contributed by atoms with E-state index in [1.54, 1.807) is 12.1 Å². The molecule has 1 atom stereocenters. The highest BCUT2D eigenvalue weighted by Crippen LogP contribution is 2.32. The van der Waals surface area contributed by atoms with Crippen molar-refractivity contribution in [1.29, 1.82) is 0 Å². The van der Waals surface area contributed by atoms with Crippen molar-refractivity contribution in [2.24, 2.45) is 0 Å². The van der Waals surface area contributed by atoms with Gasteiger partial charge in [0, 0.05) is 24.7 Å². The highest BCUT2D eigenvalue weighted by atomic mass is 32.2. The number of rotatable bonds is 5. The van der Waals surface area contributed by atoms with E-state index in [1.165, 1.54) is 22.5 Å². The summed E-state index contributed by atoms with van der Waals surface area (Å²) in [6, 6.07) is 14.0. The third kappa shape index (κ3) is 4.40. The van der Waals surface area contributed by atoms with Crippen molar-refractivity contribution in [2.75, 3.05) is 18.4 Å². The van der Waals surface area contributed by atoms with Crippen LogP contribution in [0.3, 0.4) is 0 Å². The van der Waals surface area contributed by atoms with Crippen molar-refractivity contribution >= 4 is 33.0 Å². The Morgan fingerprint density at radius 1 is 1.13 bits per heavy atom. The van der Waals surface area contributed by atoms with Crippen molar-refractivity contribution in [3.63, 3.8) is 0 Å². The van der Waals surface area contributed by atoms with Crippen molar-refractivity contribution in [3.05, 3.63) is 70.4 Å². The van der Waals surface area contributed by atoms with Crippen LogP contribution in [-0.4, -0.2) is 41.9 Å². The smallest absolute Gasteiger partial charge is 0.286 e. The van der Waals surface area contributed by atoms with Crippen LogP contribution in [0.5, 0.6) is 0 Å². The summed E-state index contributed by atoms with van der Waals surface area (Å²) in [6.07, 6.45) is 1.38. The van der Waals surface area contributed by atoms with Crippen LogP contribution in [0.4, 0.5) is 10.1 Å². The Labute approximate surface area is 177 Å². The Bertz CT molecular complexity index is 1150. The maximum absolute atomic E-state index is 13.5. The number of sulfonamides is 1. The number of nitrogens with zero attached hydrogens (tertiary/aromatic N) is 3. The van der Waals surface area contributed by atoms with Crippen LogP contribution in [0.2, 0.25) is 0 Å². The van der Waals surface area contributed by atoms with Gasteiger partial charge in [-0.1, -0.05) is 35.6 Å². The van der Waals surface area contributed by atoms with Crippen LogP contribution in [-0.2, 0) is 10.0 Å². The average Bonchev–Trinajstić information content (AvgIpc) is 3.25. The van der Waals surface area contributed by atoms with E-state index in [4.69, 9.17) is 0 Å². The lowest BCUT2D eigenvalue weighted by Gasteiger charge is -2.30. The number of piperidine rings is 1. The Balaban J connectivity index is 1.48. The molecule has 0 radical (unpaired) electrons. The molecule has 3 aromatic rings. The first-order chi connectivity index (χ1) is 14.4. The van der Waals surface area contributed by atoms with E-state index < -0.39 is 15.8 Å². The van der Waals surface area contributed by atoms with E-state index in [-0.39, 0.29) is 28.3 Å². The third-order valence-electron chi connectivity index (χ3n) is 4.83. The van der Waals surface area contributed by atoms with E-state index in [1.807, 2.05) is 18.2 Å². The molecule has 2 heterocycles. The molecule has 1 amide bonds. The van der Waals surface area contributed by atoms with Gasteiger partial charge in [0.15, 0.2) is 0 Å². The van der Waals surface area contributed by atoms with Crippen molar-refractivity contribution in [2.45, 2.75) is 23.7 Å². The van der Waals surface area contributed by atoms with E-state index in [2.05, 4.69) is 15.5 Å². The molecule has 0 unspecified atom stereocenters. The second-order valence-corrected chi connectivity index (χ2v) is 9.87. The molecular formula is C20H19FN4O3S2. The van der Waals surface area contributed by atoms with Crippen LogP contribution >= 0.6 is 11.3 Å². The van der Waals surface area contributed by atoms with Gasteiger partial charge in [-0.2, -0.15) is 4.31 Å². The summed E-state index contributed by atoms with van der Waals surface area (Å²) < 4.78 is 40.6. The summed E-state index contributed by atoms with van der Waals surface area (Å²) in [5, 5.41) is 11.7. The minimum Gasteiger partial charge on any atom is -0.320 e. The number of benzene rings is 2. The summed E-state index contributed by atoms with van der Waals surface area (Å²) in [5.41, 5.74) is 0.657. The molecule has 156 valence electrons. The van der Waals surface area contributed by atoms with Gasteiger partial charge < -0.3 is 5.32 Å². The molecular weight excluding hydrogens is 427 g/mol. The Hall–Kier alpha value is -2.69. The zero-order chi connectivity index (χ0) is 21.1. The Morgan fingerprint density at radius 3 is 2.70 bits per heavy atom. The number of anilines is 1. The highest BCUT2D eigenvalue weighted by Gasteiger charge is 2.33. The van der Waals surface area contributed by atoms with Crippen LogP contribution in [0, 0.1) is 5.82 Å². The lowest BCUT2D eigenvalue weighted by molar-refractivity contribution is 0.102. The number of para-hydroxylation sites is 1. The molecule has 0 bridgehead atoms. The lowest BCUT2D eigenvalue weighted by atomic mass is 10.0. The molecule has 2 aromatic carbocycles.